The fourth-order valence-electron chi connectivity index (χ4n) is 2.55. The molecule has 22 heavy (non-hydrogen) atoms. The van der Waals surface area contributed by atoms with Gasteiger partial charge in [0.1, 0.15) is 6.04 Å². The molecule has 0 aliphatic carbocycles. The van der Waals surface area contributed by atoms with Crippen molar-refractivity contribution in [2.45, 2.75) is 103 Å². The summed E-state index contributed by atoms with van der Waals surface area (Å²) in [4.78, 5) is 10.6. The summed E-state index contributed by atoms with van der Waals surface area (Å²) < 4.78 is 0. The molecule has 0 unspecified atom stereocenters. The fraction of sp³-hybridized carbons (Fsp3) is 0.944. The average Bonchev–Trinajstić information content (AvgIpc) is 2.47. The van der Waals surface area contributed by atoms with Gasteiger partial charge in [0.25, 0.3) is 0 Å². The summed E-state index contributed by atoms with van der Waals surface area (Å²) in [6.45, 7) is 4.79. The molecule has 4 heteroatoms. The molecular formula is C18H37NNaO2. The number of carbonyl (C=O) groups is 1. The van der Waals surface area contributed by atoms with E-state index >= 15 is 0 Å². The predicted molar refractivity (Wildman–Crippen MR) is 96.5 cm³/mol. The number of hydrogen-bond donors (Lipinski definition) is 2. The molecule has 0 fully saturated rings. The van der Waals surface area contributed by atoms with Crippen LogP contribution in [-0.2, 0) is 4.79 Å². The molecule has 0 aliphatic heterocycles. The van der Waals surface area contributed by atoms with E-state index in [1.165, 1.54) is 77.0 Å². The number of carboxylic acid groups (broad SMARTS) is 1. The maximum absolute atomic E-state index is 10.6. The summed E-state index contributed by atoms with van der Waals surface area (Å²) >= 11 is 0. The van der Waals surface area contributed by atoms with Gasteiger partial charge in [0.2, 0.25) is 0 Å². The van der Waals surface area contributed by atoms with E-state index in [1.54, 1.807) is 6.92 Å². The van der Waals surface area contributed by atoms with Crippen LogP contribution in [0.2, 0.25) is 0 Å². The van der Waals surface area contributed by atoms with Gasteiger partial charge in [-0.05, 0) is 19.9 Å². The van der Waals surface area contributed by atoms with Crippen molar-refractivity contribution < 1.29 is 9.90 Å². The third-order valence-electron chi connectivity index (χ3n) is 4.10. The van der Waals surface area contributed by atoms with Crippen molar-refractivity contribution in [3.8, 4) is 0 Å². The largest absolute Gasteiger partial charge is 0.480 e. The molecule has 3 nitrogen and oxygen atoms in total. The quantitative estimate of drug-likeness (QED) is 0.318. The molecule has 1 radical (unpaired) electrons. The van der Waals surface area contributed by atoms with E-state index in [2.05, 4.69) is 12.2 Å². The zero-order valence-electron chi connectivity index (χ0n) is 15.3. The minimum atomic E-state index is -0.760. The molecule has 1 atom stereocenters. The number of rotatable bonds is 16. The first-order chi connectivity index (χ1) is 10.2. The van der Waals surface area contributed by atoms with Crippen LogP contribution in [0, 0.1) is 0 Å². The van der Waals surface area contributed by atoms with Crippen molar-refractivity contribution in [3.05, 3.63) is 0 Å². The zero-order chi connectivity index (χ0) is 15.8. The summed E-state index contributed by atoms with van der Waals surface area (Å²) in [6.07, 6.45) is 17.5. The maximum atomic E-state index is 10.6. The van der Waals surface area contributed by atoms with Crippen LogP contribution in [0.15, 0.2) is 0 Å². The smallest absolute Gasteiger partial charge is 0.320 e. The normalized spacial score (nSPS) is 11.9. The Kier molecular flexibility index (Phi) is 21.8. The van der Waals surface area contributed by atoms with Gasteiger partial charge in [-0.25, -0.2) is 0 Å². The minimum absolute atomic E-state index is 0. The van der Waals surface area contributed by atoms with Gasteiger partial charge in [0, 0.05) is 29.6 Å². The zero-order valence-corrected chi connectivity index (χ0v) is 17.3. The van der Waals surface area contributed by atoms with Gasteiger partial charge in [0.05, 0.1) is 0 Å². The first-order valence-electron chi connectivity index (χ1n) is 9.14. The Labute approximate surface area is 160 Å². The van der Waals surface area contributed by atoms with Crippen molar-refractivity contribution >= 4 is 35.5 Å². The van der Waals surface area contributed by atoms with Gasteiger partial charge in [0.15, 0.2) is 0 Å². The Morgan fingerprint density at radius 3 is 1.55 bits per heavy atom. The molecule has 0 spiro atoms. The van der Waals surface area contributed by atoms with Crippen LogP contribution in [0.5, 0.6) is 0 Å². The van der Waals surface area contributed by atoms with E-state index in [4.69, 9.17) is 5.11 Å². The Morgan fingerprint density at radius 2 is 1.18 bits per heavy atom. The average molecular weight is 322 g/mol. The van der Waals surface area contributed by atoms with Crippen molar-refractivity contribution in [3.63, 3.8) is 0 Å². The standard InChI is InChI=1S/C18H37NO2.Na/c1-3-4-5-6-7-8-9-10-11-12-13-14-15-16-19-17(2)18(20)21;/h17,19H,3-16H2,1-2H3,(H,20,21);/t17-;/m0./s1. The van der Waals surface area contributed by atoms with Gasteiger partial charge >= 0.3 is 5.97 Å². The fourth-order valence-corrected chi connectivity index (χ4v) is 2.55. The molecule has 0 saturated heterocycles. The summed E-state index contributed by atoms with van der Waals surface area (Å²) in [7, 11) is 0. The second kappa shape index (κ2) is 19.5. The van der Waals surface area contributed by atoms with Crippen LogP contribution in [0.4, 0.5) is 0 Å². The van der Waals surface area contributed by atoms with E-state index in [0.717, 1.165) is 13.0 Å². The Hall–Kier alpha value is 0.430. The van der Waals surface area contributed by atoms with Crippen LogP contribution >= 0.6 is 0 Å². The third kappa shape index (κ3) is 18.5. The minimum Gasteiger partial charge on any atom is -0.480 e. The molecule has 0 amide bonds. The summed E-state index contributed by atoms with van der Waals surface area (Å²) in [5.41, 5.74) is 0. The number of carboxylic acids is 1. The molecule has 127 valence electrons. The second-order valence-corrected chi connectivity index (χ2v) is 6.26. The topological polar surface area (TPSA) is 49.3 Å². The predicted octanol–water partition coefficient (Wildman–Crippen LogP) is 4.76. The van der Waals surface area contributed by atoms with Crippen LogP contribution < -0.4 is 5.32 Å². The molecule has 0 aliphatic rings. The van der Waals surface area contributed by atoms with E-state index in [-0.39, 0.29) is 29.6 Å². The molecule has 0 bridgehead atoms. The van der Waals surface area contributed by atoms with Gasteiger partial charge in [-0.1, -0.05) is 84.0 Å². The molecule has 0 saturated carbocycles. The van der Waals surface area contributed by atoms with E-state index < -0.39 is 12.0 Å². The van der Waals surface area contributed by atoms with Crippen LogP contribution in [0.1, 0.15) is 97.3 Å². The molecule has 0 aromatic rings. The number of aliphatic carboxylic acids is 1. The summed E-state index contributed by atoms with van der Waals surface area (Å²) in [5, 5.41) is 11.7. The van der Waals surface area contributed by atoms with Gasteiger partial charge in [-0.2, -0.15) is 0 Å². The van der Waals surface area contributed by atoms with Crippen LogP contribution in [-0.4, -0.2) is 53.2 Å². The molecule has 0 aromatic carbocycles. The molecule has 0 aromatic heterocycles. The van der Waals surface area contributed by atoms with Crippen LogP contribution in [0.25, 0.3) is 0 Å². The van der Waals surface area contributed by atoms with Gasteiger partial charge < -0.3 is 10.4 Å². The number of unbranched alkanes of at least 4 members (excludes halogenated alkanes) is 12. The van der Waals surface area contributed by atoms with Crippen molar-refractivity contribution in [2.75, 3.05) is 6.54 Å². The van der Waals surface area contributed by atoms with Gasteiger partial charge in [-0.15, -0.1) is 0 Å². The van der Waals surface area contributed by atoms with Gasteiger partial charge in [-0.3, -0.25) is 4.79 Å². The molecule has 2 N–H and O–H groups in total. The first-order valence-corrected chi connectivity index (χ1v) is 9.14. The maximum Gasteiger partial charge on any atom is 0.320 e. The monoisotopic (exact) mass is 322 g/mol. The Balaban J connectivity index is 0. The van der Waals surface area contributed by atoms with Crippen molar-refractivity contribution in [1.82, 2.24) is 5.32 Å². The SMILES string of the molecule is CCCCCCCCCCCCCCCN[C@@H](C)C(=O)O.[Na]. The summed E-state index contributed by atoms with van der Waals surface area (Å²) in [5.74, 6) is -0.760. The Morgan fingerprint density at radius 1 is 0.818 bits per heavy atom. The van der Waals surface area contributed by atoms with E-state index in [9.17, 15) is 4.79 Å². The number of nitrogens with one attached hydrogen (secondary N) is 1. The van der Waals surface area contributed by atoms with E-state index in [0.29, 0.717) is 0 Å². The summed E-state index contributed by atoms with van der Waals surface area (Å²) in [6, 6.07) is -0.415. The first kappa shape index (κ1) is 24.7. The van der Waals surface area contributed by atoms with E-state index in [1.807, 2.05) is 0 Å². The third-order valence-corrected chi connectivity index (χ3v) is 4.10. The van der Waals surface area contributed by atoms with Crippen LogP contribution in [0.3, 0.4) is 0 Å². The Bertz CT molecular complexity index is 237. The van der Waals surface area contributed by atoms with Crippen molar-refractivity contribution in [1.29, 1.82) is 0 Å². The molecular weight excluding hydrogens is 285 g/mol. The second-order valence-electron chi connectivity index (χ2n) is 6.26. The molecule has 0 rings (SSSR count). The number of hydrogen-bond acceptors (Lipinski definition) is 2. The molecule has 0 heterocycles. The van der Waals surface area contributed by atoms with Crippen molar-refractivity contribution in [2.24, 2.45) is 0 Å².